The van der Waals surface area contributed by atoms with Crippen LogP contribution in [0.2, 0.25) is 0 Å². The molecule has 68 valence electrons. The fourth-order valence-corrected chi connectivity index (χ4v) is 0.652. The Labute approximate surface area is 83.2 Å². The lowest BCUT2D eigenvalue weighted by molar-refractivity contribution is -0.109. The Hall–Kier alpha value is -0.640. The van der Waals surface area contributed by atoms with E-state index in [2.05, 4.69) is 4.98 Å². The van der Waals surface area contributed by atoms with Crippen LogP contribution in [0, 0.1) is 0 Å². The third-order valence-corrected chi connectivity index (χ3v) is 1.22. The van der Waals surface area contributed by atoms with E-state index in [4.69, 9.17) is 5.73 Å². The predicted molar refractivity (Wildman–Crippen MR) is 51.7 cm³/mol. The molecule has 0 fully saturated rings. The van der Waals surface area contributed by atoms with Gasteiger partial charge in [-0.15, -0.1) is 24.8 Å². The minimum absolute atomic E-state index is 0. The number of nitrogens with two attached hydrogens (primary N) is 1. The van der Waals surface area contributed by atoms with Crippen LogP contribution in [0.3, 0.4) is 0 Å². The van der Waals surface area contributed by atoms with E-state index in [-0.39, 0.29) is 24.8 Å². The molecule has 1 heterocycles. The van der Waals surface area contributed by atoms with Crippen molar-refractivity contribution in [2.45, 2.75) is 6.04 Å². The zero-order valence-corrected chi connectivity index (χ0v) is 7.85. The van der Waals surface area contributed by atoms with Gasteiger partial charge in [-0.2, -0.15) is 0 Å². The van der Waals surface area contributed by atoms with Gasteiger partial charge >= 0.3 is 0 Å². The average Bonchev–Trinajstić information content (AvgIpc) is 2.05. The molecular weight excluding hydrogens is 199 g/mol. The molecule has 0 amide bonds. The van der Waals surface area contributed by atoms with Crippen molar-refractivity contribution in [2.75, 3.05) is 0 Å². The number of carbonyl (C=O) groups excluding carboxylic acids is 1. The van der Waals surface area contributed by atoms with Crippen LogP contribution in [0.25, 0.3) is 0 Å². The van der Waals surface area contributed by atoms with E-state index in [0.717, 1.165) is 5.56 Å². The third-order valence-electron chi connectivity index (χ3n) is 1.22. The van der Waals surface area contributed by atoms with Crippen LogP contribution in [0.5, 0.6) is 0 Å². The van der Waals surface area contributed by atoms with Gasteiger partial charge in [0.2, 0.25) is 0 Å². The Morgan fingerprint density at radius 2 is 2.17 bits per heavy atom. The fraction of sp³-hybridized carbons (Fsp3) is 0.143. The summed E-state index contributed by atoms with van der Waals surface area (Å²) in [6, 6.07) is 2.98. The first-order chi connectivity index (χ1) is 4.84. The molecule has 1 aromatic heterocycles. The normalized spacial score (nSPS) is 10.4. The summed E-state index contributed by atoms with van der Waals surface area (Å²) in [5.41, 5.74) is 6.13. The molecule has 0 aromatic carbocycles. The quantitative estimate of drug-likeness (QED) is 0.742. The van der Waals surface area contributed by atoms with E-state index in [1.807, 2.05) is 0 Å². The molecule has 0 bridgehead atoms. The number of hydrogen-bond acceptors (Lipinski definition) is 3. The molecule has 5 heteroatoms. The highest BCUT2D eigenvalue weighted by molar-refractivity contribution is 5.85. The number of carbonyl (C=O) groups is 1. The highest BCUT2D eigenvalue weighted by atomic mass is 35.5. The van der Waals surface area contributed by atoms with Gasteiger partial charge in [0, 0.05) is 12.4 Å². The maximum absolute atomic E-state index is 10.2. The van der Waals surface area contributed by atoms with Crippen molar-refractivity contribution in [3.05, 3.63) is 30.1 Å². The maximum Gasteiger partial charge on any atom is 0.141 e. The molecule has 0 aliphatic heterocycles. The molecule has 12 heavy (non-hydrogen) atoms. The van der Waals surface area contributed by atoms with E-state index >= 15 is 0 Å². The Balaban J connectivity index is 0. The summed E-state index contributed by atoms with van der Waals surface area (Å²) in [4.78, 5) is 14.0. The third kappa shape index (κ3) is 3.67. The topological polar surface area (TPSA) is 56.0 Å². The molecule has 1 atom stereocenters. The zero-order valence-electron chi connectivity index (χ0n) is 6.21. The molecule has 0 spiro atoms. The smallest absolute Gasteiger partial charge is 0.141 e. The van der Waals surface area contributed by atoms with E-state index in [1.54, 1.807) is 24.5 Å². The molecule has 1 unspecified atom stereocenters. The number of hydrogen-bond donors (Lipinski definition) is 1. The van der Waals surface area contributed by atoms with Crippen molar-refractivity contribution in [1.82, 2.24) is 4.98 Å². The van der Waals surface area contributed by atoms with Gasteiger partial charge < -0.3 is 10.5 Å². The van der Waals surface area contributed by atoms with Crippen LogP contribution < -0.4 is 5.73 Å². The number of rotatable bonds is 2. The molecule has 3 nitrogen and oxygen atoms in total. The fourth-order valence-electron chi connectivity index (χ4n) is 0.652. The molecule has 1 rings (SSSR count). The SMILES string of the molecule is Cl.Cl.NC(C=O)c1cccnc1. The first-order valence-electron chi connectivity index (χ1n) is 2.95. The van der Waals surface area contributed by atoms with Crippen molar-refractivity contribution in [3.63, 3.8) is 0 Å². The molecule has 0 aliphatic rings. The maximum atomic E-state index is 10.2. The summed E-state index contributed by atoms with van der Waals surface area (Å²) >= 11 is 0. The zero-order chi connectivity index (χ0) is 7.40. The van der Waals surface area contributed by atoms with Gasteiger partial charge in [0.15, 0.2) is 0 Å². The minimum atomic E-state index is -0.534. The Morgan fingerprint density at radius 3 is 2.58 bits per heavy atom. The summed E-state index contributed by atoms with van der Waals surface area (Å²) in [6.07, 6.45) is 3.91. The first kappa shape index (κ1) is 13.9. The molecule has 0 radical (unpaired) electrons. The highest BCUT2D eigenvalue weighted by Crippen LogP contribution is 2.03. The number of aromatic nitrogens is 1. The highest BCUT2D eigenvalue weighted by Gasteiger charge is 2.00. The summed E-state index contributed by atoms with van der Waals surface area (Å²) < 4.78 is 0. The van der Waals surface area contributed by atoms with Gasteiger partial charge in [0.05, 0.1) is 6.04 Å². The molecule has 0 aliphatic carbocycles. The first-order valence-corrected chi connectivity index (χ1v) is 2.95. The molecular formula is C7H10Cl2N2O. The van der Waals surface area contributed by atoms with E-state index in [0.29, 0.717) is 6.29 Å². The Kier molecular flexibility index (Phi) is 8.16. The average molecular weight is 209 g/mol. The van der Waals surface area contributed by atoms with Crippen molar-refractivity contribution in [1.29, 1.82) is 0 Å². The lowest BCUT2D eigenvalue weighted by Crippen LogP contribution is -2.10. The van der Waals surface area contributed by atoms with Crippen LogP contribution >= 0.6 is 24.8 Å². The monoisotopic (exact) mass is 208 g/mol. The van der Waals surface area contributed by atoms with Gasteiger partial charge in [-0.25, -0.2) is 0 Å². The van der Waals surface area contributed by atoms with Crippen LogP contribution in [0.1, 0.15) is 11.6 Å². The largest absolute Gasteiger partial charge is 0.318 e. The lowest BCUT2D eigenvalue weighted by Gasteiger charge is -2.00. The van der Waals surface area contributed by atoms with Crippen molar-refractivity contribution < 1.29 is 4.79 Å². The van der Waals surface area contributed by atoms with E-state index in [9.17, 15) is 4.79 Å². The predicted octanol–water partition coefficient (Wildman–Crippen LogP) is 1.12. The second-order valence-electron chi connectivity index (χ2n) is 1.95. The summed E-state index contributed by atoms with van der Waals surface area (Å²) in [5.74, 6) is 0. The van der Waals surface area contributed by atoms with Gasteiger partial charge in [0.1, 0.15) is 6.29 Å². The van der Waals surface area contributed by atoms with Crippen molar-refractivity contribution >= 4 is 31.1 Å². The Bertz CT molecular complexity index is 218. The van der Waals surface area contributed by atoms with Gasteiger partial charge in [-0.05, 0) is 11.6 Å². The van der Waals surface area contributed by atoms with Gasteiger partial charge in [0.25, 0.3) is 0 Å². The second-order valence-corrected chi connectivity index (χ2v) is 1.95. The number of halogens is 2. The molecule has 0 saturated carbocycles. The summed E-state index contributed by atoms with van der Waals surface area (Å²) in [7, 11) is 0. The molecule has 1 aromatic rings. The standard InChI is InChI=1S/C7H8N2O.2ClH/c8-7(5-10)6-2-1-3-9-4-6;;/h1-5,7H,8H2;2*1H. The summed E-state index contributed by atoms with van der Waals surface area (Å²) in [6.45, 7) is 0. The number of aldehydes is 1. The van der Waals surface area contributed by atoms with Gasteiger partial charge in [-0.1, -0.05) is 6.07 Å². The lowest BCUT2D eigenvalue weighted by atomic mass is 10.1. The number of pyridine rings is 1. The van der Waals surface area contributed by atoms with Crippen LogP contribution in [0.4, 0.5) is 0 Å². The van der Waals surface area contributed by atoms with Crippen molar-refractivity contribution in [2.24, 2.45) is 5.73 Å². The van der Waals surface area contributed by atoms with Crippen molar-refractivity contribution in [3.8, 4) is 0 Å². The van der Waals surface area contributed by atoms with Gasteiger partial charge in [-0.3, -0.25) is 4.98 Å². The molecule has 2 N–H and O–H groups in total. The molecule has 0 saturated heterocycles. The van der Waals surface area contributed by atoms with Crippen LogP contribution in [-0.4, -0.2) is 11.3 Å². The summed E-state index contributed by atoms with van der Waals surface area (Å²) in [5, 5.41) is 0. The second kappa shape index (κ2) is 7.03. The van der Waals surface area contributed by atoms with E-state index < -0.39 is 6.04 Å². The van der Waals surface area contributed by atoms with Crippen LogP contribution in [0.15, 0.2) is 24.5 Å². The van der Waals surface area contributed by atoms with Crippen LogP contribution in [-0.2, 0) is 4.79 Å². The van der Waals surface area contributed by atoms with E-state index in [1.165, 1.54) is 0 Å². The Morgan fingerprint density at radius 1 is 1.50 bits per heavy atom. The minimum Gasteiger partial charge on any atom is -0.318 e. The number of nitrogens with zero attached hydrogens (tertiary/aromatic N) is 1.